The Hall–Kier alpha value is -4.00. The molecule has 0 radical (unpaired) electrons. The van der Waals surface area contributed by atoms with Crippen molar-refractivity contribution in [1.82, 2.24) is 19.1 Å². The van der Waals surface area contributed by atoms with E-state index in [-0.39, 0.29) is 11.0 Å². The van der Waals surface area contributed by atoms with Crippen LogP contribution in [0.3, 0.4) is 0 Å². The Kier molecular flexibility index (Phi) is 3.54. The molecule has 0 bridgehead atoms. The van der Waals surface area contributed by atoms with Gasteiger partial charge in [0, 0.05) is 19.7 Å². The average Bonchev–Trinajstić information content (AvgIpc) is 2.73. The number of aryl methyl sites for hydroxylation is 1. The van der Waals surface area contributed by atoms with Crippen molar-refractivity contribution in [2.75, 3.05) is 0 Å². The maximum Gasteiger partial charge on any atom is 0.347 e. The fraction of sp³-hybridized carbons (Fsp3) is 0.0909. The monoisotopic (exact) mass is 384 g/mol. The maximum absolute atomic E-state index is 13.1. The van der Waals surface area contributed by atoms with Crippen molar-refractivity contribution in [2.24, 2.45) is 14.1 Å². The van der Waals surface area contributed by atoms with Crippen molar-refractivity contribution >= 4 is 32.6 Å². The Bertz CT molecular complexity index is 1590. The summed E-state index contributed by atoms with van der Waals surface area (Å²) in [6.45, 7) is 0. The molecule has 2 heterocycles. The van der Waals surface area contributed by atoms with Crippen LogP contribution in [0.25, 0.3) is 43.8 Å². The van der Waals surface area contributed by atoms with E-state index in [1.165, 1.54) is 18.7 Å². The lowest BCUT2D eigenvalue weighted by atomic mass is 9.93. The second kappa shape index (κ2) is 6.00. The van der Waals surface area contributed by atoms with Gasteiger partial charge in [-0.15, -0.1) is 0 Å². The lowest BCUT2D eigenvalue weighted by molar-refractivity contribution is 0.705. The van der Waals surface area contributed by atoms with Crippen LogP contribution in [0.4, 0.5) is 0 Å². The second-order valence-electron chi connectivity index (χ2n) is 7.02. The maximum atomic E-state index is 13.1. The molecule has 0 amide bonds. The molecule has 0 aliphatic carbocycles. The fourth-order valence-electron chi connectivity index (χ4n) is 3.95. The van der Waals surface area contributed by atoms with Crippen LogP contribution in [0, 0.1) is 0 Å². The van der Waals surface area contributed by atoms with Crippen molar-refractivity contribution in [2.45, 2.75) is 0 Å². The summed E-state index contributed by atoms with van der Waals surface area (Å²) in [7, 11) is 2.92. The molecule has 1 N–H and O–H groups in total. The predicted octanol–water partition coefficient (Wildman–Crippen LogP) is 2.29. The molecule has 0 saturated heterocycles. The van der Waals surface area contributed by atoms with E-state index in [2.05, 4.69) is 16.0 Å². The molecule has 3 aromatic carbocycles. The summed E-state index contributed by atoms with van der Waals surface area (Å²) in [6, 6.07) is 17.7. The Labute approximate surface area is 163 Å². The zero-order valence-electron chi connectivity index (χ0n) is 15.8. The van der Waals surface area contributed by atoms with E-state index < -0.39 is 16.9 Å². The molecule has 2 aromatic heterocycles. The lowest BCUT2D eigenvalue weighted by Gasteiger charge is -2.14. The number of nitrogens with zero attached hydrogens (tertiary/aromatic N) is 3. The molecule has 5 aromatic rings. The van der Waals surface area contributed by atoms with Gasteiger partial charge in [-0.1, -0.05) is 48.5 Å². The molecule has 0 fully saturated rings. The second-order valence-corrected chi connectivity index (χ2v) is 7.02. The number of nitrogens with one attached hydrogen (secondary N) is 1. The Morgan fingerprint density at radius 1 is 0.828 bits per heavy atom. The van der Waals surface area contributed by atoms with Gasteiger partial charge in [0.25, 0.3) is 5.56 Å². The first kappa shape index (κ1) is 17.1. The van der Waals surface area contributed by atoms with Crippen LogP contribution in [-0.2, 0) is 14.1 Å². The number of aromatic nitrogens is 4. The zero-order chi connectivity index (χ0) is 20.3. The van der Waals surface area contributed by atoms with E-state index >= 15 is 0 Å². The van der Waals surface area contributed by atoms with Crippen molar-refractivity contribution in [1.29, 1.82) is 0 Å². The first-order valence-corrected chi connectivity index (χ1v) is 9.08. The number of aromatic amines is 1. The molecule has 0 atom stereocenters. The molecule has 5 rings (SSSR count). The number of H-pyrrole nitrogens is 1. The minimum atomic E-state index is -0.618. The van der Waals surface area contributed by atoms with Gasteiger partial charge in [-0.05, 0) is 27.6 Å². The van der Waals surface area contributed by atoms with Gasteiger partial charge in [0.2, 0.25) is 0 Å². The van der Waals surface area contributed by atoms with Crippen LogP contribution < -0.4 is 16.9 Å². The van der Waals surface area contributed by atoms with Crippen LogP contribution in [0.15, 0.2) is 69.0 Å². The van der Waals surface area contributed by atoms with Gasteiger partial charge in [-0.2, -0.15) is 4.98 Å². The van der Waals surface area contributed by atoms with E-state index in [0.29, 0.717) is 5.69 Å². The van der Waals surface area contributed by atoms with Crippen molar-refractivity contribution in [3.8, 4) is 11.3 Å². The Morgan fingerprint density at radius 2 is 1.41 bits per heavy atom. The van der Waals surface area contributed by atoms with Crippen LogP contribution in [0.5, 0.6) is 0 Å². The lowest BCUT2D eigenvalue weighted by Crippen LogP contribution is -2.38. The number of fused-ring (bicyclic) bond motifs is 3. The molecule has 0 saturated carbocycles. The minimum Gasteiger partial charge on any atom is -0.304 e. The van der Waals surface area contributed by atoms with Gasteiger partial charge in [0.15, 0.2) is 5.65 Å². The smallest absolute Gasteiger partial charge is 0.304 e. The molecule has 0 unspecified atom stereocenters. The minimum absolute atomic E-state index is 0.0638. The number of benzene rings is 3. The Balaban J connectivity index is 2.13. The highest BCUT2D eigenvalue weighted by Crippen LogP contribution is 2.36. The number of rotatable bonds is 1. The van der Waals surface area contributed by atoms with E-state index in [1.54, 1.807) is 0 Å². The third kappa shape index (κ3) is 2.37. The topological polar surface area (TPSA) is 89.8 Å². The van der Waals surface area contributed by atoms with Crippen LogP contribution in [-0.4, -0.2) is 19.1 Å². The molecule has 0 aliphatic heterocycles. The van der Waals surface area contributed by atoms with Gasteiger partial charge in [-0.25, -0.2) is 9.59 Å². The van der Waals surface area contributed by atoms with Crippen molar-refractivity contribution in [3.05, 3.63) is 85.9 Å². The fourth-order valence-corrected chi connectivity index (χ4v) is 3.95. The molecule has 29 heavy (non-hydrogen) atoms. The molecule has 7 heteroatoms. The summed E-state index contributed by atoms with van der Waals surface area (Å²) in [4.78, 5) is 44.5. The average molecular weight is 384 g/mol. The highest BCUT2D eigenvalue weighted by molar-refractivity contribution is 6.15. The molecular formula is C22H16N4O3. The van der Waals surface area contributed by atoms with Crippen molar-refractivity contribution in [3.63, 3.8) is 0 Å². The SMILES string of the molecule is Cn1c(=O)c2c(-c3c4ccccc4cc4ccccc34)[nH]c(=O)nc2n(C)c1=O. The standard InChI is InChI=1S/C22H16N4O3/c1-25-19-17(20(27)26(2)22(25)29)18(23-21(28)24-19)16-14-9-5-3-7-12(14)11-13-8-4-6-10-15(13)16/h3-11H,1-2H3,(H,23,24,28). The summed E-state index contributed by atoms with van der Waals surface area (Å²) in [5, 5.41) is 3.95. The predicted molar refractivity (Wildman–Crippen MR) is 113 cm³/mol. The molecule has 7 nitrogen and oxygen atoms in total. The normalized spacial score (nSPS) is 11.5. The highest BCUT2D eigenvalue weighted by Gasteiger charge is 2.19. The first-order valence-electron chi connectivity index (χ1n) is 9.08. The zero-order valence-corrected chi connectivity index (χ0v) is 15.8. The van der Waals surface area contributed by atoms with Crippen LogP contribution >= 0.6 is 0 Å². The van der Waals surface area contributed by atoms with Gasteiger partial charge >= 0.3 is 11.4 Å². The molecule has 0 aliphatic rings. The Morgan fingerprint density at radius 3 is 2.03 bits per heavy atom. The van der Waals surface area contributed by atoms with Gasteiger partial charge < -0.3 is 4.98 Å². The molecule has 0 spiro atoms. The largest absolute Gasteiger partial charge is 0.347 e. The molecular weight excluding hydrogens is 368 g/mol. The van der Waals surface area contributed by atoms with E-state index in [1.807, 2.05) is 48.5 Å². The van der Waals surface area contributed by atoms with E-state index in [0.717, 1.165) is 31.7 Å². The quantitative estimate of drug-likeness (QED) is 0.449. The van der Waals surface area contributed by atoms with Gasteiger partial charge in [0.1, 0.15) is 5.39 Å². The van der Waals surface area contributed by atoms with Crippen LogP contribution in [0.2, 0.25) is 0 Å². The first-order chi connectivity index (χ1) is 14.0. The summed E-state index contributed by atoms with van der Waals surface area (Å²) >= 11 is 0. The molecule has 142 valence electrons. The summed E-state index contributed by atoms with van der Waals surface area (Å²) in [5.41, 5.74) is -0.488. The summed E-state index contributed by atoms with van der Waals surface area (Å²) < 4.78 is 2.25. The van der Waals surface area contributed by atoms with Gasteiger partial charge in [-0.3, -0.25) is 13.9 Å². The van der Waals surface area contributed by atoms with E-state index in [9.17, 15) is 14.4 Å². The van der Waals surface area contributed by atoms with E-state index in [4.69, 9.17) is 0 Å². The highest BCUT2D eigenvalue weighted by atomic mass is 16.2. The summed E-state index contributed by atoms with van der Waals surface area (Å²) in [5.74, 6) is 0. The number of hydrogen-bond acceptors (Lipinski definition) is 4. The number of hydrogen-bond donors (Lipinski definition) is 1. The van der Waals surface area contributed by atoms with Gasteiger partial charge in [0.05, 0.1) is 5.69 Å². The third-order valence-electron chi connectivity index (χ3n) is 5.34. The van der Waals surface area contributed by atoms with Crippen LogP contribution in [0.1, 0.15) is 0 Å². The van der Waals surface area contributed by atoms with Crippen molar-refractivity contribution < 1.29 is 0 Å². The summed E-state index contributed by atoms with van der Waals surface area (Å²) in [6.07, 6.45) is 0. The third-order valence-corrected chi connectivity index (χ3v) is 5.34.